The number of anilines is 1. The van der Waals surface area contributed by atoms with Crippen LogP contribution in [0.1, 0.15) is 5.69 Å². The quantitative estimate of drug-likeness (QED) is 0.129. The molecule has 0 spiro atoms. The van der Waals surface area contributed by atoms with Gasteiger partial charge < -0.3 is 36.6 Å². The molecule has 17 heteroatoms. The van der Waals surface area contributed by atoms with Crippen LogP contribution >= 0.6 is 11.3 Å². The number of hydroxylamine groups is 2. The first-order valence-corrected chi connectivity index (χ1v) is 9.02. The molecule has 1 aliphatic heterocycles. The molecule has 3 amide bonds. The van der Waals surface area contributed by atoms with E-state index in [-0.39, 0.29) is 10.8 Å². The second-order valence-electron chi connectivity index (χ2n) is 5.66. The number of carbonyl (C=O) groups is 5. The maximum atomic E-state index is 12.7. The van der Waals surface area contributed by atoms with Crippen LogP contribution in [-0.4, -0.2) is 87.7 Å². The van der Waals surface area contributed by atoms with Gasteiger partial charge in [-0.15, -0.1) is 11.3 Å². The number of ether oxygens (including phenoxy) is 1. The third kappa shape index (κ3) is 6.24. The van der Waals surface area contributed by atoms with Gasteiger partial charge in [0.15, 0.2) is 17.5 Å². The lowest BCUT2D eigenvalue weighted by atomic mass is 9.98. The number of thiazole rings is 1. The van der Waals surface area contributed by atoms with Gasteiger partial charge in [-0.2, -0.15) is 0 Å². The molecule has 1 aliphatic rings. The van der Waals surface area contributed by atoms with Crippen molar-refractivity contribution >= 4 is 52.0 Å². The van der Waals surface area contributed by atoms with Gasteiger partial charge in [0.25, 0.3) is 11.8 Å². The maximum absolute atomic E-state index is 12.7. The van der Waals surface area contributed by atoms with Crippen molar-refractivity contribution in [3.05, 3.63) is 11.1 Å². The maximum Gasteiger partial charge on any atom is 0.404 e. The lowest BCUT2D eigenvalue weighted by Gasteiger charge is -2.44. The van der Waals surface area contributed by atoms with Crippen molar-refractivity contribution in [1.29, 1.82) is 0 Å². The van der Waals surface area contributed by atoms with E-state index in [1.165, 1.54) is 5.38 Å². The van der Waals surface area contributed by atoms with Gasteiger partial charge in [0.05, 0.1) is 0 Å². The van der Waals surface area contributed by atoms with E-state index >= 15 is 0 Å². The van der Waals surface area contributed by atoms with Crippen molar-refractivity contribution < 1.29 is 48.6 Å². The normalized spacial score (nSPS) is 18.1. The molecule has 0 aliphatic carbocycles. The summed E-state index contributed by atoms with van der Waals surface area (Å²) in [5.74, 6) is -4.58. The molecule has 0 aromatic carbocycles. The Morgan fingerprint density at radius 2 is 1.94 bits per heavy atom. The summed E-state index contributed by atoms with van der Waals surface area (Å²) in [5.41, 5.74) is 9.87. The van der Waals surface area contributed by atoms with Gasteiger partial charge in [0, 0.05) is 5.38 Å². The van der Waals surface area contributed by atoms with Gasteiger partial charge >= 0.3 is 18.0 Å². The highest BCUT2D eigenvalue weighted by Crippen LogP contribution is 2.22. The molecule has 2 rings (SSSR count). The zero-order valence-corrected chi connectivity index (χ0v) is 16.2. The monoisotopic (exact) mass is 460 g/mol. The van der Waals surface area contributed by atoms with Crippen LogP contribution in [0.5, 0.6) is 0 Å². The lowest BCUT2D eigenvalue weighted by Crippen LogP contribution is -2.72. The Hall–Kier alpha value is -3.99. The van der Waals surface area contributed by atoms with Gasteiger partial charge in [-0.3, -0.25) is 14.4 Å². The molecule has 1 saturated heterocycles. The Kier molecular flexibility index (Phi) is 7.64. The van der Waals surface area contributed by atoms with Crippen LogP contribution in [0.4, 0.5) is 9.93 Å². The number of nitrogens with zero attached hydrogens (tertiary/aromatic N) is 3. The smallest absolute Gasteiger partial charge is 0.404 e. The second-order valence-corrected chi connectivity index (χ2v) is 6.55. The van der Waals surface area contributed by atoms with E-state index < -0.39 is 67.5 Å². The highest BCUT2D eigenvalue weighted by Gasteiger charge is 2.51. The average molecular weight is 460 g/mol. The third-order valence-electron chi connectivity index (χ3n) is 3.50. The first-order chi connectivity index (χ1) is 14.6. The van der Waals surface area contributed by atoms with Gasteiger partial charge in [0.1, 0.15) is 24.4 Å². The Balaban J connectivity index is 2.17. The molecule has 2 atom stereocenters. The van der Waals surface area contributed by atoms with Gasteiger partial charge in [-0.1, -0.05) is 5.16 Å². The van der Waals surface area contributed by atoms with Crippen molar-refractivity contribution in [2.24, 2.45) is 10.9 Å². The summed E-state index contributed by atoms with van der Waals surface area (Å²) in [4.78, 5) is 70.3. The molecule has 168 valence electrons. The first kappa shape index (κ1) is 23.3. The number of oxime groups is 1. The molecule has 0 bridgehead atoms. The number of β-lactam (4-membered cyclic amide) rings is 1. The molecule has 1 fully saturated rings. The number of rotatable bonds is 11. The van der Waals surface area contributed by atoms with Crippen LogP contribution in [0.2, 0.25) is 0 Å². The topological polar surface area (TPSA) is 246 Å². The van der Waals surface area contributed by atoms with Crippen LogP contribution in [0.3, 0.4) is 0 Å². The Morgan fingerprint density at radius 1 is 1.26 bits per heavy atom. The fourth-order valence-electron chi connectivity index (χ4n) is 2.25. The summed E-state index contributed by atoms with van der Waals surface area (Å²) in [5, 5.41) is 25.1. The molecular weight excluding hydrogens is 444 g/mol. The second kappa shape index (κ2) is 10.2. The molecule has 31 heavy (non-hydrogen) atoms. The molecule has 0 unspecified atom stereocenters. The molecule has 1 aromatic heterocycles. The molecule has 16 nitrogen and oxygen atoms in total. The summed E-state index contributed by atoms with van der Waals surface area (Å²) in [7, 11) is 0. The van der Waals surface area contributed by atoms with Gasteiger partial charge in [0.2, 0.25) is 6.61 Å². The lowest BCUT2D eigenvalue weighted by molar-refractivity contribution is -0.240. The molecule has 0 radical (unpaired) electrons. The summed E-state index contributed by atoms with van der Waals surface area (Å²) in [6.07, 6.45) is -1.18. The zero-order chi connectivity index (χ0) is 23.1. The van der Waals surface area contributed by atoms with E-state index in [1.54, 1.807) is 0 Å². The summed E-state index contributed by atoms with van der Waals surface area (Å²) < 4.78 is 4.60. The number of aromatic nitrogens is 1. The number of nitrogens with two attached hydrogens (primary N) is 2. The van der Waals surface area contributed by atoms with Gasteiger partial charge in [-0.05, 0) is 0 Å². The summed E-state index contributed by atoms with van der Waals surface area (Å²) in [6.45, 7) is -2.24. The highest BCUT2D eigenvalue weighted by atomic mass is 32.1. The van der Waals surface area contributed by atoms with Crippen LogP contribution in [-0.2, 0) is 33.6 Å². The van der Waals surface area contributed by atoms with Crippen LogP contribution < -0.4 is 16.8 Å². The van der Waals surface area contributed by atoms with Crippen molar-refractivity contribution in [1.82, 2.24) is 15.4 Å². The number of carboxylic acid groups (broad SMARTS) is 2. The number of hydrogen-bond acceptors (Lipinski definition) is 12. The standard InChI is InChI=1S/C14H16N6O10S/c15-13-17-5(4-31-13)9(19-29-2-7(21)22)11(25)18-10-6(1-28-14(16)27)20(12(10)26)30-3-8(23)24/h4,6,10H,1-3H2,(H2,15,17)(H2,16,27)(H,18,25)(H,21,22)(H,23,24)/t6-,10-/m1/s1. The Labute approximate surface area is 176 Å². The number of amides is 3. The van der Waals surface area contributed by atoms with E-state index in [0.29, 0.717) is 5.06 Å². The fraction of sp³-hybridized carbons (Fsp3) is 0.357. The predicted octanol–water partition coefficient (Wildman–Crippen LogP) is -2.66. The molecular formula is C14H16N6O10S. The minimum Gasteiger partial charge on any atom is -0.479 e. The number of carboxylic acids is 2. The number of nitrogen functional groups attached to an aromatic ring is 1. The minimum absolute atomic E-state index is 0.0546. The van der Waals surface area contributed by atoms with Crippen LogP contribution in [0.25, 0.3) is 0 Å². The fourth-order valence-corrected chi connectivity index (χ4v) is 2.80. The van der Waals surface area contributed by atoms with Crippen molar-refractivity contribution in [2.75, 3.05) is 25.6 Å². The molecule has 2 heterocycles. The highest BCUT2D eigenvalue weighted by molar-refractivity contribution is 7.13. The third-order valence-corrected chi connectivity index (χ3v) is 4.18. The summed E-state index contributed by atoms with van der Waals surface area (Å²) >= 11 is 0.962. The van der Waals surface area contributed by atoms with E-state index in [1.807, 2.05) is 0 Å². The van der Waals surface area contributed by atoms with Crippen LogP contribution in [0.15, 0.2) is 10.5 Å². The Morgan fingerprint density at radius 3 is 2.48 bits per heavy atom. The van der Waals surface area contributed by atoms with Gasteiger partial charge in [-0.25, -0.2) is 24.4 Å². The average Bonchev–Trinajstić information content (AvgIpc) is 3.10. The van der Waals surface area contributed by atoms with E-state index in [0.717, 1.165) is 11.3 Å². The largest absolute Gasteiger partial charge is 0.479 e. The van der Waals surface area contributed by atoms with E-state index in [9.17, 15) is 24.0 Å². The number of primary amides is 1. The van der Waals surface area contributed by atoms with Crippen LogP contribution in [0, 0.1) is 0 Å². The molecule has 0 saturated carbocycles. The molecule has 1 aromatic rings. The van der Waals surface area contributed by atoms with Crippen molar-refractivity contribution in [2.45, 2.75) is 12.1 Å². The zero-order valence-electron chi connectivity index (χ0n) is 15.4. The number of nitrogens with one attached hydrogen (secondary N) is 1. The molecule has 7 N–H and O–H groups in total. The summed E-state index contributed by atoms with van der Waals surface area (Å²) in [6, 6.07) is -2.42. The Bertz CT molecular complexity index is 917. The van der Waals surface area contributed by atoms with E-state index in [2.05, 4.69) is 25.0 Å². The number of hydrogen-bond donors (Lipinski definition) is 5. The first-order valence-electron chi connectivity index (χ1n) is 8.14. The number of aliphatic carboxylic acids is 2. The van der Waals surface area contributed by atoms with Crippen molar-refractivity contribution in [3.8, 4) is 0 Å². The predicted molar refractivity (Wildman–Crippen MR) is 98.3 cm³/mol. The van der Waals surface area contributed by atoms with Crippen molar-refractivity contribution in [3.63, 3.8) is 0 Å². The SMILES string of the molecule is NC(=O)OC[C@@H]1[C@@H](NC(=O)C(=NOCC(=O)O)c2csc(N)n2)C(=O)N1OCC(=O)O. The number of carbonyl (C=O) groups excluding carboxylic acids is 3. The minimum atomic E-state index is -1.37. The van der Waals surface area contributed by atoms with E-state index in [4.69, 9.17) is 26.5 Å².